The largest absolute Gasteiger partial charge is 0.393 e. The van der Waals surface area contributed by atoms with Crippen molar-refractivity contribution in [1.82, 2.24) is 20.8 Å². The molecule has 0 spiro atoms. The van der Waals surface area contributed by atoms with Crippen LogP contribution in [0.1, 0.15) is 36.4 Å². The Balaban J connectivity index is 1.85. The normalized spacial score (nSPS) is 29.6. The van der Waals surface area contributed by atoms with Gasteiger partial charge < -0.3 is 10.4 Å². The molecule has 1 aromatic heterocycles. The van der Waals surface area contributed by atoms with E-state index in [0.717, 1.165) is 12.0 Å². The Labute approximate surface area is 126 Å². The molecule has 3 amide bonds. The van der Waals surface area contributed by atoms with Crippen LogP contribution < -0.4 is 10.6 Å². The number of carbonyl (C=O) groups excluding carboxylic acids is 2. The summed E-state index contributed by atoms with van der Waals surface area (Å²) < 4.78 is 0. The number of carbonyl (C=O) groups is 2. The van der Waals surface area contributed by atoms with Crippen molar-refractivity contribution in [3.63, 3.8) is 0 Å². The molecule has 2 heterocycles. The van der Waals surface area contributed by atoms with E-state index in [9.17, 15) is 14.7 Å². The summed E-state index contributed by atoms with van der Waals surface area (Å²) in [6.07, 6.45) is 0.441. The first-order valence-electron chi connectivity index (χ1n) is 6.77. The highest BCUT2D eigenvalue weighted by molar-refractivity contribution is 6.30. The summed E-state index contributed by atoms with van der Waals surface area (Å²) in [4.78, 5) is 22.9. The maximum absolute atomic E-state index is 11.8. The summed E-state index contributed by atoms with van der Waals surface area (Å²) in [6.45, 7) is 1.93. The van der Waals surface area contributed by atoms with Gasteiger partial charge in [-0.3, -0.25) is 10.1 Å². The van der Waals surface area contributed by atoms with E-state index in [1.165, 1.54) is 0 Å². The van der Waals surface area contributed by atoms with Crippen LogP contribution in [0.3, 0.4) is 0 Å². The highest BCUT2D eigenvalue weighted by Crippen LogP contribution is 2.51. The van der Waals surface area contributed by atoms with Gasteiger partial charge in [0.15, 0.2) is 5.15 Å². The summed E-state index contributed by atoms with van der Waals surface area (Å²) in [5, 5.41) is 22.5. The van der Waals surface area contributed by atoms with Crippen LogP contribution in [0, 0.1) is 5.92 Å². The highest BCUT2D eigenvalue weighted by atomic mass is 35.5. The average Bonchev–Trinajstić information content (AvgIpc) is 3.20. The zero-order valence-electron chi connectivity index (χ0n) is 11.3. The number of aliphatic hydroxyl groups excluding tert-OH is 1. The third-order valence-electron chi connectivity index (χ3n) is 4.03. The molecule has 1 saturated heterocycles. The predicted molar refractivity (Wildman–Crippen MR) is 73.9 cm³/mol. The molecular formula is C13H15ClN4O3. The molecule has 21 heavy (non-hydrogen) atoms. The van der Waals surface area contributed by atoms with Crippen molar-refractivity contribution in [2.45, 2.75) is 31.3 Å². The third-order valence-corrected chi connectivity index (χ3v) is 4.32. The summed E-state index contributed by atoms with van der Waals surface area (Å²) in [5.74, 6) is -0.661. The van der Waals surface area contributed by atoms with Gasteiger partial charge in [0.2, 0.25) is 5.91 Å². The monoisotopic (exact) mass is 310 g/mol. The van der Waals surface area contributed by atoms with Crippen molar-refractivity contribution >= 4 is 23.5 Å². The SMILES string of the molecule is CC(O)[C@H]1C[C@@H]1c1cc(C2CNC(=O)NC2=O)nnc1Cl. The van der Waals surface area contributed by atoms with Crippen LogP contribution in [-0.2, 0) is 4.79 Å². The van der Waals surface area contributed by atoms with Crippen LogP contribution in [0.5, 0.6) is 0 Å². The molecule has 3 rings (SSSR count). The van der Waals surface area contributed by atoms with Gasteiger partial charge in [-0.05, 0) is 36.8 Å². The van der Waals surface area contributed by atoms with Gasteiger partial charge in [0, 0.05) is 6.54 Å². The second-order valence-electron chi connectivity index (χ2n) is 5.51. The number of hydrogen-bond acceptors (Lipinski definition) is 5. The van der Waals surface area contributed by atoms with E-state index in [-0.39, 0.29) is 18.4 Å². The molecule has 8 heteroatoms. The Morgan fingerprint density at radius 2 is 2.19 bits per heavy atom. The Kier molecular flexibility index (Phi) is 3.54. The van der Waals surface area contributed by atoms with Crippen LogP contribution in [0.4, 0.5) is 4.79 Å². The first-order chi connectivity index (χ1) is 9.97. The van der Waals surface area contributed by atoms with Gasteiger partial charge in [0.25, 0.3) is 0 Å². The molecule has 0 bridgehead atoms. The number of nitrogens with zero attached hydrogens (tertiary/aromatic N) is 2. The molecule has 2 fully saturated rings. The van der Waals surface area contributed by atoms with Crippen molar-refractivity contribution < 1.29 is 14.7 Å². The molecule has 0 aromatic carbocycles. The fraction of sp³-hybridized carbons (Fsp3) is 0.538. The predicted octanol–water partition coefficient (Wildman–Crippen LogP) is 0.537. The van der Waals surface area contributed by atoms with E-state index in [4.69, 9.17) is 11.6 Å². The Bertz CT molecular complexity index is 607. The molecule has 1 aromatic rings. The molecule has 7 nitrogen and oxygen atoms in total. The van der Waals surface area contributed by atoms with Gasteiger partial charge in [-0.25, -0.2) is 4.79 Å². The van der Waals surface area contributed by atoms with Crippen molar-refractivity contribution in [2.75, 3.05) is 6.54 Å². The van der Waals surface area contributed by atoms with Crippen LogP contribution in [-0.4, -0.2) is 39.9 Å². The fourth-order valence-corrected chi connectivity index (χ4v) is 2.94. The van der Waals surface area contributed by atoms with Crippen molar-refractivity contribution in [1.29, 1.82) is 0 Å². The van der Waals surface area contributed by atoms with Crippen LogP contribution in [0.15, 0.2) is 6.07 Å². The minimum atomic E-state index is -0.574. The van der Waals surface area contributed by atoms with Crippen molar-refractivity contribution in [3.8, 4) is 0 Å². The van der Waals surface area contributed by atoms with Crippen molar-refractivity contribution in [2.24, 2.45) is 5.92 Å². The highest BCUT2D eigenvalue weighted by Gasteiger charge is 2.43. The molecule has 112 valence electrons. The molecule has 0 radical (unpaired) electrons. The summed E-state index contributed by atoms with van der Waals surface area (Å²) >= 11 is 6.07. The lowest BCUT2D eigenvalue weighted by atomic mass is 10.00. The van der Waals surface area contributed by atoms with E-state index in [1.54, 1.807) is 13.0 Å². The molecule has 1 aliphatic heterocycles. The maximum atomic E-state index is 11.8. The second kappa shape index (κ2) is 5.23. The molecular weight excluding hydrogens is 296 g/mol. The lowest BCUT2D eigenvalue weighted by molar-refractivity contribution is -0.122. The second-order valence-corrected chi connectivity index (χ2v) is 5.87. The lowest BCUT2D eigenvalue weighted by Crippen LogP contribution is -2.51. The zero-order chi connectivity index (χ0) is 15.1. The Hall–Kier alpha value is -1.73. The number of aromatic nitrogens is 2. The van der Waals surface area contributed by atoms with Gasteiger partial charge in [0.1, 0.15) is 0 Å². The van der Waals surface area contributed by atoms with Crippen LogP contribution in [0.25, 0.3) is 0 Å². The van der Waals surface area contributed by atoms with E-state index in [0.29, 0.717) is 10.8 Å². The zero-order valence-corrected chi connectivity index (χ0v) is 12.1. The summed E-state index contributed by atoms with van der Waals surface area (Å²) in [6, 6.07) is 1.25. The van der Waals surface area contributed by atoms with Gasteiger partial charge in [0.05, 0.1) is 17.7 Å². The first kappa shape index (κ1) is 14.2. The smallest absolute Gasteiger partial charge is 0.321 e. The number of amides is 3. The minimum Gasteiger partial charge on any atom is -0.393 e. The molecule has 2 aliphatic rings. The molecule has 1 aliphatic carbocycles. The minimum absolute atomic E-state index is 0.146. The Morgan fingerprint density at radius 1 is 1.43 bits per heavy atom. The standard InChI is InChI=1S/C13H15ClN4O3/c1-5(19)6-2-7(6)8-3-10(17-18-11(8)14)9-4-15-13(21)16-12(9)20/h3,5-7,9,19H,2,4H2,1H3,(H2,15,16,20,21)/t5?,6-,7+,9?/m1/s1. The van der Waals surface area contributed by atoms with Crippen LogP contribution in [0.2, 0.25) is 5.15 Å². The molecule has 2 unspecified atom stereocenters. The van der Waals surface area contributed by atoms with E-state index < -0.39 is 24.0 Å². The summed E-state index contributed by atoms with van der Waals surface area (Å²) in [7, 11) is 0. The van der Waals surface area contributed by atoms with Crippen molar-refractivity contribution in [3.05, 3.63) is 22.5 Å². The number of imide groups is 1. The number of aliphatic hydroxyl groups is 1. The average molecular weight is 311 g/mol. The number of rotatable bonds is 3. The van der Waals surface area contributed by atoms with E-state index >= 15 is 0 Å². The number of nitrogens with one attached hydrogen (secondary N) is 2. The first-order valence-corrected chi connectivity index (χ1v) is 7.15. The van der Waals surface area contributed by atoms with E-state index in [2.05, 4.69) is 20.8 Å². The molecule has 4 atom stereocenters. The summed E-state index contributed by atoms with van der Waals surface area (Å²) in [5.41, 5.74) is 1.28. The van der Waals surface area contributed by atoms with Gasteiger partial charge in [-0.2, -0.15) is 5.10 Å². The Morgan fingerprint density at radius 3 is 2.81 bits per heavy atom. The third kappa shape index (κ3) is 2.71. The number of urea groups is 1. The molecule has 3 N–H and O–H groups in total. The maximum Gasteiger partial charge on any atom is 0.321 e. The van der Waals surface area contributed by atoms with Gasteiger partial charge in [-0.1, -0.05) is 11.6 Å². The van der Waals surface area contributed by atoms with Crippen LogP contribution >= 0.6 is 11.6 Å². The van der Waals surface area contributed by atoms with E-state index in [1.807, 2.05) is 0 Å². The van der Waals surface area contributed by atoms with Gasteiger partial charge >= 0.3 is 6.03 Å². The fourth-order valence-electron chi connectivity index (χ4n) is 2.71. The van der Waals surface area contributed by atoms with Gasteiger partial charge in [-0.15, -0.1) is 5.10 Å². The quantitative estimate of drug-likeness (QED) is 0.756. The molecule has 1 saturated carbocycles. The number of hydrogen-bond donors (Lipinski definition) is 3. The number of halogens is 1. The topological polar surface area (TPSA) is 104 Å². The lowest BCUT2D eigenvalue weighted by Gasteiger charge is -2.21.